The summed E-state index contributed by atoms with van der Waals surface area (Å²) in [5, 5.41) is 20.9. The number of aliphatic hydroxyl groups excluding tert-OH is 1. The molecule has 1 aliphatic carbocycles. The van der Waals surface area contributed by atoms with Gasteiger partial charge in [0.15, 0.2) is 0 Å². The highest BCUT2D eigenvalue weighted by Gasteiger charge is 2.36. The van der Waals surface area contributed by atoms with Gasteiger partial charge in [-0.25, -0.2) is 0 Å². The summed E-state index contributed by atoms with van der Waals surface area (Å²) in [5.74, 6) is -0.440. The average molecular weight is 215 g/mol. The van der Waals surface area contributed by atoms with Crippen LogP contribution in [0.3, 0.4) is 0 Å². The van der Waals surface area contributed by atoms with E-state index in [-0.39, 0.29) is 12.0 Å². The van der Waals surface area contributed by atoms with Crippen molar-refractivity contribution in [2.75, 3.05) is 13.2 Å². The highest BCUT2D eigenvalue weighted by atomic mass is 16.4. The van der Waals surface area contributed by atoms with E-state index in [9.17, 15) is 4.79 Å². The molecule has 1 unspecified atom stereocenters. The maximum atomic E-state index is 10.9. The van der Waals surface area contributed by atoms with Gasteiger partial charge < -0.3 is 15.5 Å². The minimum absolute atomic E-state index is 0.0443. The van der Waals surface area contributed by atoms with Crippen LogP contribution in [0.25, 0.3) is 0 Å². The highest BCUT2D eigenvalue weighted by Crippen LogP contribution is 2.33. The monoisotopic (exact) mass is 215 g/mol. The van der Waals surface area contributed by atoms with Gasteiger partial charge in [0, 0.05) is 13.2 Å². The molecule has 15 heavy (non-hydrogen) atoms. The molecule has 1 atom stereocenters. The zero-order chi connectivity index (χ0) is 11.5. The molecule has 0 aromatic carbocycles. The normalized spacial score (nSPS) is 18.9. The summed E-state index contributed by atoms with van der Waals surface area (Å²) in [6.45, 7) is 4.85. The van der Waals surface area contributed by atoms with E-state index in [0.29, 0.717) is 18.9 Å². The van der Waals surface area contributed by atoms with Gasteiger partial charge >= 0.3 is 5.97 Å². The minimum Gasteiger partial charge on any atom is -0.480 e. The molecular weight excluding hydrogens is 194 g/mol. The maximum absolute atomic E-state index is 10.9. The third-order valence-electron chi connectivity index (χ3n) is 2.95. The number of aliphatic carboxylic acids is 1. The van der Waals surface area contributed by atoms with Crippen molar-refractivity contribution < 1.29 is 15.0 Å². The fourth-order valence-electron chi connectivity index (χ4n) is 1.66. The van der Waals surface area contributed by atoms with Gasteiger partial charge in [0.1, 0.15) is 6.04 Å². The lowest BCUT2D eigenvalue weighted by Crippen LogP contribution is -2.43. The fourth-order valence-corrected chi connectivity index (χ4v) is 1.66. The Bertz CT molecular complexity index is 224. The maximum Gasteiger partial charge on any atom is 0.320 e. The second-order valence-electron chi connectivity index (χ2n) is 5.17. The first kappa shape index (κ1) is 12.5. The van der Waals surface area contributed by atoms with E-state index in [1.165, 1.54) is 0 Å². The van der Waals surface area contributed by atoms with Gasteiger partial charge in [0.2, 0.25) is 0 Å². The molecule has 0 aromatic heterocycles. The summed E-state index contributed by atoms with van der Waals surface area (Å²) >= 11 is 0. The molecule has 1 aliphatic rings. The molecule has 4 nitrogen and oxygen atoms in total. The lowest BCUT2D eigenvalue weighted by molar-refractivity contribution is -0.140. The van der Waals surface area contributed by atoms with Gasteiger partial charge in [-0.05, 0) is 30.6 Å². The van der Waals surface area contributed by atoms with Crippen LogP contribution in [0, 0.1) is 11.3 Å². The Hall–Kier alpha value is -0.610. The van der Waals surface area contributed by atoms with Crippen molar-refractivity contribution in [2.24, 2.45) is 11.3 Å². The van der Waals surface area contributed by atoms with Crippen molar-refractivity contribution in [2.45, 2.75) is 39.2 Å². The second kappa shape index (κ2) is 4.94. The smallest absolute Gasteiger partial charge is 0.320 e. The second-order valence-corrected chi connectivity index (χ2v) is 5.17. The standard InChI is InChI=1S/C11H21NO3/c1-11(2,5-6-13)7-12-9(10(14)15)8-3-4-8/h8-9,12-13H,3-7H2,1-2H3,(H,14,15). The van der Waals surface area contributed by atoms with Gasteiger partial charge in [-0.1, -0.05) is 13.8 Å². The molecule has 1 fully saturated rings. The molecule has 0 aliphatic heterocycles. The van der Waals surface area contributed by atoms with Crippen LogP contribution >= 0.6 is 0 Å². The Morgan fingerprint density at radius 1 is 1.53 bits per heavy atom. The van der Waals surface area contributed by atoms with Crippen LogP contribution in [0.5, 0.6) is 0 Å². The first-order chi connectivity index (χ1) is 6.96. The number of carboxylic acid groups (broad SMARTS) is 1. The van der Waals surface area contributed by atoms with E-state index in [1.54, 1.807) is 0 Å². The van der Waals surface area contributed by atoms with Gasteiger partial charge in [0.25, 0.3) is 0 Å². The van der Waals surface area contributed by atoms with E-state index < -0.39 is 12.0 Å². The molecule has 88 valence electrons. The molecule has 0 radical (unpaired) electrons. The zero-order valence-electron chi connectivity index (χ0n) is 9.49. The molecule has 0 spiro atoms. The van der Waals surface area contributed by atoms with Gasteiger partial charge in [-0.15, -0.1) is 0 Å². The molecule has 0 amide bonds. The van der Waals surface area contributed by atoms with Crippen LogP contribution in [-0.4, -0.2) is 35.4 Å². The molecule has 1 rings (SSSR count). The number of nitrogens with one attached hydrogen (secondary N) is 1. The van der Waals surface area contributed by atoms with E-state index in [4.69, 9.17) is 10.2 Å². The average Bonchev–Trinajstić information content (AvgIpc) is 2.87. The van der Waals surface area contributed by atoms with Crippen molar-refractivity contribution in [3.63, 3.8) is 0 Å². The van der Waals surface area contributed by atoms with Crippen LogP contribution < -0.4 is 5.32 Å². The molecule has 0 bridgehead atoms. The first-order valence-electron chi connectivity index (χ1n) is 5.53. The van der Waals surface area contributed by atoms with Crippen LogP contribution in [0.2, 0.25) is 0 Å². The number of rotatable bonds is 7. The van der Waals surface area contributed by atoms with Gasteiger partial charge in [0.05, 0.1) is 0 Å². The molecule has 1 saturated carbocycles. The van der Waals surface area contributed by atoms with E-state index in [2.05, 4.69) is 5.32 Å². The fraction of sp³-hybridized carbons (Fsp3) is 0.909. The van der Waals surface area contributed by atoms with Crippen molar-refractivity contribution >= 4 is 5.97 Å². The van der Waals surface area contributed by atoms with Gasteiger partial charge in [-0.3, -0.25) is 4.79 Å². The summed E-state index contributed by atoms with van der Waals surface area (Å²) in [6, 6.07) is -0.400. The lowest BCUT2D eigenvalue weighted by atomic mass is 9.89. The SMILES string of the molecule is CC(C)(CCO)CNC(C(=O)O)C1CC1. The zero-order valence-corrected chi connectivity index (χ0v) is 9.49. The number of carbonyl (C=O) groups is 1. The predicted octanol–water partition coefficient (Wildman–Crippen LogP) is 0.848. The van der Waals surface area contributed by atoms with Gasteiger partial charge in [-0.2, -0.15) is 0 Å². The molecule has 0 aromatic rings. The Morgan fingerprint density at radius 3 is 2.53 bits per heavy atom. The summed E-state index contributed by atoms with van der Waals surface area (Å²) in [7, 11) is 0. The predicted molar refractivity (Wildman–Crippen MR) is 57.6 cm³/mol. The van der Waals surface area contributed by atoms with E-state index in [0.717, 1.165) is 12.8 Å². The third kappa shape index (κ3) is 4.18. The highest BCUT2D eigenvalue weighted by molar-refractivity contribution is 5.74. The topological polar surface area (TPSA) is 69.6 Å². The number of hydrogen-bond acceptors (Lipinski definition) is 3. The van der Waals surface area contributed by atoms with Crippen LogP contribution in [0.4, 0.5) is 0 Å². The molecule has 3 N–H and O–H groups in total. The first-order valence-corrected chi connectivity index (χ1v) is 5.53. The molecular formula is C11H21NO3. The Morgan fingerprint density at radius 2 is 2.13 bits per heavy atom. The number of carboxylic acids is 1. The largest absolute Gasteiger partial charge is 0.480 e. The minimum atomic E-state index is -0.753. The lowest BCUT2D eigenvalue weighted by Gasteiger charge is -2.26. The molecule has 4 heteroatoms. The molecule has 0 saturated heterocycles. The third-order valence-corrected chi connectivity index (χ3v) is 2.95. The van der Waals surface area contributed by atoms with Crippen molar-refractivity contribution in [1.82, 2.24) is 5.32 Å². The van der Waals surface area contributed by atoms with Crippen LogP contribution in [0.15, 0.2) is 0 Å². The van der Waals surface area contributed by atoms with Crippen LogP contribution in [0.1, 0.15) is 33.1 Å². The Balaban J connectivity index is 2.35. The quantitative estimate of drug-likeness (QED) is 0.589. The van der Waals surface area contributed by atoms with E-state index in [1.807, 2.05) is 13.8 Å². The molecule has 0 heterocycles. The van der Waals surface area contributed by atoms with Crippen molar-refractivity contribution in [1.29, 1.82) is 0 Å². The summed E-state index contributed by atoms with van der Waals surface area (Å²) in [5.41, 5.74) is -0.0443. The van der Waals surface area contributed by atoms with E-state index >= 15 is 0 Å². The number of aliphatic hydroxyl groups is 1. The Labute approximate surface area is 90.7 Å². The summed E-state index contributed by atoms with van der Waals surface area (Å²) in [4.78, 5) is 10.9. The van der Waals surface area contributed by atoms with Crippen molar-refractivity contribution in [3.05, 3.63) is 0 Å². The summed E-state index contributed by atoms with van der Waals surface area (Å²) in [6.07, 6.45) is 2.73. The Kier molecular flexibility index (Phi) is 4.11. The van der Waals surface area contributed by atoms with Crippen LogP contribution in [-0.2, 0) is 4.79 Å². The number of hydrogen-bond donors (Lipinski definition) is 3. The summed E-state index contributed by atoms with van der Waals surface area (Å²) < 4.78 is 0. The van der Waals surface area contributed by atoms with Crippen molar-refractivity contribution in [3.8, 4) is 0 Å².